The highest BCUT2D eigenvalue weighted by Gasteiger charge is 2.49. The van der Waals surface area contributed by atoms with Gasteiger partial charge in [-0.15, -0.1) is 0 Å². The van der Waals surface area contributed by atoms with Crippen molar-refractivity contribution in [2.24, 2.45) is 0 Å². The number of benzene rings is 2. The van der Waals surface area contributed by atoms with Crippen LogP contribution < -0.4 is 10.4 Å². The molecule has 2 aromatic carbocycles. The Kier molecular flexibility index (Phi) is 5.64. The molecule has 0 saturated carbocycles. The van der Waals surface area contributed by atoms with Gasteiger partial charge in [0.05, 0.1) is 0 Å². The molecule has 0 heterocycles. The summed E-state index contributed by atoms with van der Waals surface area (Å²) in [5.41, 5.74) is 0. The zero-order valence-electron chi connectivity index (χ0n) is 15.3. The van der Waals surface area contributed by atoms with Crippen LogP contribution in [-0.4, -0.2) is 8.07 Å². The lowest BCUT2D eigenvalue weighted by Crippen LogP contribution is -2.65. The van der Waals surface area contributed by atoms with Gasteiger partial charge in [-0.25, -0.2) is 0 Å². The minimum atomic E-state index is -2.04. The Hall–Kier alpha value is -1.60. The van der Waals surface area contributed by atoms with E-state index in [1.807, 2.05) is 0 Å². The molecule has 0 bridgehead atoms. The molecule has 122 valence electrons. The highest BCUT2D eigenvalue weighted by molar-refractivity contribution is 7.09. The predicted molar refractivity (Wildman–Crippen MR) is 106 cm³/mol. The molecule has 0 fully saturated rings. The van der Waals surface area contributed by atoms with Crippen molar-refractivity contribution < 1.29 is 0 Å². The van der Waals surface area contributed by atoms with Crippen LogP contribution in [0.3, 0.4) is 0 Å². The SMILES string of the molecule is CC/C=C(\CC)[Si](c1ccccc1)(c1ccccc1)C(C)(C)C. The van der Waals surface area contributed by atoms with Crippen molar-refractivity contribution in [2.45, 2.75) is 52.5 Å². The van der Waals surface area contributed by atoms with E-state index in [2.05, 4.69) is 101 Å². The van der Waals surface area contributed by atoms with Crippen molar-refractivity contribution in [1.29, 1.82) is 0 Å². The van der Waals surface area contributed by atoms with Gasteiger partial charge in [0.1, 0.15) is 8.07 Å². The third-order valence-corrected chi connectivity index (χ3v) is 11.0. The molecule has 0 aliphatic carbocycles. The summed E-state index contributed by atoms with van der Waals surface area (Å²) >= 11 is 0. The van der Waals surface area contributed by atoms with E-state index < -0.39 is 8.07 Å². The normalized spacial score (nSPS) is 13.2. The molecule has 2 aromatic rings. The molecule has 0 spiro atoms. The van der Waals surface area contributed by atoms with Gasteiger partial charge in [-0.3, -0.25) is 0 Å². The van der Waals surface area contributed by atoms with Crippen LogP contribution in [0.15, 0.2) is 71.9 Å². The first-order valence-corrected chi connectivity index (χ1v) is 10.8. The Labute approximate surface area is 143 Å². The van der Waals surface area contributed by atoms with Crippen molar-refractivity contribution in [3.8, 4) is 0 Å². The maximum absolute atomic E-state index is 2.50. The van der Waals surface area contributed by atoms with E-state index in [-0.39, 0.29) is 5.04 Å². The number of allylic oxidation sites excluding steroid dienone is 2. The van der Waals surface area contributed by atoms with Gasteiger partial charge in [0.2, 0.25) is 0 Å². The van der Waals surface area contributed by atoms with Gasteiger partial charge in [0, 0.05) is 0 Å². The lowest BCUT2D eigenvalue weighted by Gasteiger charge is -2.46. The Morgan fingerprint density at radius 2 is 1.26 bits per heavy atom. The van der Waals surface area contributed by atoms with E-state index in [0.717, 1.165) is 12.8 Å². The van der Waals surface area contributed by atoms with Gasteiger partial charge in [-0.1, -0.05) is 107 Å². The average molecular weight is 323 g/mol. The van der Waals surface area contributed by atoms with Crippen molar-refractivity contribution in [3.05, 3.63) is 71.9 Å². The minimum Gasteiger partial charge on any atom is -0.0888 e. The largest absolute Gasteiger partial charge is 0.149 e. The van der Waals surface area contributed by atoms with E-state index in [4.69, 9.17) is 0 Å². The second kappa shape index (κ2) is 7.31. The second-order valence-electron chi connectivity index (χ2n) is 7.22. The van der Waals surface area contributed by atoms with Crippen LogP contribution in [0.1, 0.15) is 47.5 Å². The van der Waals surface area contributed by atoms with Crippen LogP contribution in [0.25, 0.3) is 0 Å². The van der Waals surface area contributed by atoms with E-state index in [0.29, 0.717) is 0 Å². The average Bonchev–Trinajstić information content (AvgIpc) is 2.55. The molecular formula is C22H30Si. The van der Waals surface area contributed by atoms with Gasteiger partial charge >= 0.3 is 0 Å². The van der Waals surface area contributed by atoms with Crippen molar-refractivity contribution >= 4 is 18.4 Å². The summed E-state index contributed by atoms with van der Waals surface area (Å²) in [7, 11) is -2.04. The summed E-state index contributed by atoms with van der Waals surface area (Å²) < 4.78 is 0. The molecule has 0 atom stereocenters. The van der Waals surface area contributed by atoms with Crippen molar-refractivity contribution in [3.63, 3.8) is 0 Å². The minimum absolute atomic E-state index is 0.215. The fourth-order valence-electron chi connectivity index (χ4n) is 4.07. The molecule has 0 aliphatic heterocycles. The highest BCUT2D eigenvalue weighted by Crippen LogP contribution is 2.41. The third kappa shape index (κ3) is 3.21. The first-order valence-electron chi connectivity index (χ1n) is 8.79. The van der Waals surface area contributed by atoms with Gasteiger partial charge in [-0.05, 0) is 28.3 Å². The lowest BCUT2D eigenvalue weighted by atomic mass is 10.2. The van der Waals surface area contributed by atoms with E-state index in [1.165, 1.54) is 10.4 Å². The van der Waals surface area contributed by atoms with E-state index in [9.17, 15) is 0 Å². The Morgan fingerprint density at radius 1 is 0.826 bits per heavy atom. The highest BCUT2D eigenvalue weighted by atomic mass is 28.3. The molecule has 0 nitrogen and oxygen atoms in total. The van der Waals surface area contributed by atoms with Crippen LogP contribution in [0.2, 0.25) is 5.04 Å². The molecule has 0 aliphatic rings. The first kappa shape index (κ1) is 17.7. The topological polar surface area (TPSA) is 0 Å². The molecule has 0 N–H and O–H groups in total. The van der Waals surface area contributed by atoms with Gasteiger partial charge in [-0.2, -0.15) is 0 Å². The number of hydrogen-bond donors (Lipinski definition) is 0. The number of rotatable bonds is 5. The van der Waals surface area contributed by atoms with Crippen molar-refractivity contribution in [1.82, 2.24) is 0 Å². The summed E-state index contributed by atoms with van der Waals surface area (Å²) in [6.45, 7) is 11.9. The quantitative estimate of drug-likeness (QED) is 0.652. The Balaban J connectivity index is 2.89. The second-order valence-corrected chi connectivity index (χ2v) is 12.0. The summed E-state index contributed by atoms with van der Waals surface area (Å²) in [5.74, 6) is 0. The van der Waals surface area contributed by atoms with Crippen LogP contribution in [0.4, 0.5) is 0 Å². The molecule has 2 rings (SSSR count). The zero-order valence-corrected chi connectivity index (χ0v) is 16.3. The standard InChI is InChI=1S/C22H30Si/c1-6-14-19(7-2)23(22(3,4)5,20-15-10-8-11-16-20)21-17-12-9-13-18-21/h8-18H,6-7H2,1-5H3/b19-14+. The smallest absolute Gasteiger partial charge is 0.0888 e. The molecular weight excluding hydrogens is 292 g/mol. The van der Waals surface area contributed by atoms with Crippen LogP contribution in [0.5, 0.6) is 0 Å². The monoisotopic (exact) mass is 322 g/mol. The fourth-order valence-corrected chi connectivity index (χ4v) is 10.3. The summed E-state index contributed by atoms with van der Waals surface area (Å²) in [4.78, 5) is 0. The molecule has 23 heavy (non-hydrogen) atoms. The van der Waals surface area contributed by atoms with E-state index >= 15 is 0 Å². The maximum Gasteiger partial charge on any atom is 0.149 e. The van der Waals surface area contributed by atoms with E-state index in [1.54, 1.807) is 5.20 Å². The zero-order chi connectivity index (χ0) is 16.9. The fraction of sp³-hybridized carbons (Fsp3) is 0.364. The molecule has 0 radical (unpaired) electrons. The van der Waals surface area contributed by atoms with Crippen LogP contribution in [0, 0.1) is 0 Å². The lowest BCUT2D eigenvalue weighted by molar-refractivity contribution is 0.732. The molecule has 0 aromatic heterocycles. The predicted octanol–water partition coefficient (Wildman–Crippen LogP) is 5.34. The van der Waals surface area contributed by atoms with Crippen molar-refractivity contribution in [2.75, 3.05) is 0 Å². The molecule has 0 amide bonds. The van der Waals surface area contributed by atoms with Crippen LogP contribution in [-0.2, 0) is 0 Å². The van der Waals surface area contributed by atoms with Gasteiger partial charge in [0.25, 0.3) is 0 Å². The van der Waals surface area contributed by atoms with Crippen LogP contribution >= 0.6 is 0 Å². The summed E-state index contributed by atoms with van der Waals surface area (Å²) in [6, 6.07) is 22.5. The molecule has 0 saturated heterocycles. The summed E-state index contributed by atoms with van der Waals surface area (Å²) in [6.07, 6.45) is 4.73. The molecule has 1 heteroatoms. The Morgan fingerprint density at radius 3 is 1.57 bits per heavy atom. The summed E-state index contributed by atoms with van der Waals surface area (Å²) in [5, 5.41) is 4.93. The van der Waals surface area contributed by atoms with Gasteiger partial charge in [0.15, 0.2) is 0 Å². The van der Waals surface area contributed by atoms with Gasteiger partial charge < -0.3 is 0 Å². The Bertz CT molecular complexity index is 593. The molecule has 0 unspecified atom stereocenters. The maximum atomic E-state index is 2.50. The third-order valence-electron chi connectivity index (χ3n) is 4.85. The first-order chi connectivity index (χ1) is 11.0. The number of hydrogen-bond acceptors (Lipinski definition) is 0.